The molecule has 0 amide bonds. The van der Waals surface area contributed by atoms with E-state index < -0.39 is 0 Å². The summed E-state index contributed by atoms with van der Waals surface area (Å²) in [7, 11) is 0. The summed E-state index contributed by atoms with van der Waals surface area (Å²) in [6, 6.07) is 0. The molecule has 18 heavy (non-hydrogen) atoms. The van der Waals surface area contributed by atoms with Crippen molar-refractivity contribution >= 4 is 0 Å². The quantitative estimate of drug-likeness (QED) is 0.578. The smallest absolute Gasteiger partial charge is 0.0860 e. The highest BCUT2D eigenvalue weighted by molar-refractivity contribution is 4.79. The van der Waals surface area contributed by atoms with Crippen LogP contribution in [0.15, 0.2) is 0 Å². The number of epoxide rings is 2. The van der Waals surface area contributed by atoms with Gasteiger partial charge in [-0.1, -0.05) is 48.5 Å². The minimum Gasteiger partial charge on any atom is -0.373 e. The third-order valence-corrected chi connectivity index (χ3v) is 1.22. The summed E-state index contributed by atoms with van der Waals surface area (Å²) in [5, 5.41) is 0. The Morgan fingerprint density at radius 2 is 1.17 bits per heavy atom. The van der Waals surface area contributed by atoms with Gasteiger partial charge in [0.15, 0.2) is 0 Å². The van der Waals surface area contributed by atoms with E-state index in [-0.39, 0.29) is 5.60 Å². The number of ether oxygens (including phenoxy) is 2. The van der Waals surface area contributed by atoms with Gasteiger partial charge in [-0.15, -0.1) is 0 Å². The van der Waals surface area contributed by atoms with Gasteiger partial charge in [-0.2, -0.15) is 0 Å². The molecule has 1 unspecified atom stereocenters. The number of rotatable bonds is 0. The van der Waals surface area contributed by atoms with Crippen molar-refractivity contribution in [3.05, 3.63) is 0 Å². The average Bonchev–Trinajstić information content (AvgIpc) is 2.91. The molecular formula is C16H36O2. The van der Waals surface area contributed by atoms with E-state index in [4.69, 9.17) is 9.47 Å². The third kappa shape index (κ3) is 56.5. The molecule has 0 aromatic carbocycles. The van der Waals surface area contributed by atoms with Gasteiger partial charge in [-0.05, 0) is 32.1 Å². The average molecular weight is 260 g/mol. The Morgan fingerprint density at radius 1 is 1.06 bits per heavy atom. The molecule has 0 saturated carbocycles. The van der Waals surface area contributed by atoms with Crippen LogP contribution in [-0.4, -0.2) is 24.9 Å². The van der Waals surface area contributed by atoms with Crippen molar-refractivity contribution in [3.63, 3.8) is 0 Å². The van der Waals surface area contributed by atoms with Crippen molar-refractivity contribution in [2.45, 2.75) is 80.9 Å². The molecule has 2 rings (SSSR count). The van der Waals surface area contributed by atoms with Crippen molar-refractivity contribution in [2.75, 3.05) is 13.2 Å². The Labute approximate surface area is 115 Å². The van der Waals surface area contributed by atoms with Crippen LogP contribution in [0.1, 0.15) is 69.2 Å². The highest BCUT2D eigenvalue weighted by atomic mass is 16.6. The molecule has 0 aromatic heterocycles. The Bertz CT molecular complexity index is 167. The fourth-order valence-corrected chi connectivity index (χ4v) is 0.241. The van der Waals surface area contributed by atoms with E-state index in [0.29, 0.717) is 11.5 Å². The Kier molecular flexibility index (Phi) is 10.0. The summed E-state index contributed by atoms with van der Waals surface area (Å²) in [6.07, 6.45) is 0.583. The van der Waals surface area contributed by atoms with Crippen molar-refractivity contribution in [1.29, 1.82) is 0 Å². The second-order valence-electron chi connectivity index (χ2n) is 7.92. The first-order valence-corrected chi connectivity index (χ1v) is 7.09. The highest BCUT2D eigenvalue weighted by Gasteiger charge is 2.32. The van der Waals surface area contributed by atoms with Crippen LogP contribution in [0.4, 0.5) is 0 Å². The fraction of sp³-hybridized carbons (Fsp3) is 1.00. The molecule has 2 aliphatic rings. The van der Waals surface area contributed by atoms with Crippen LogP contribution in [0.5, 0.6) is 0 Å². The zero-order valence-corrected chi connectivity index (χ0v) is 14.4. The van der Waals surface area contributed by atoms with Gasteiger partial charge in [0.2, 0.25) is 0 Å². The van der Waals surface area contributed by atoms with Crippen LogP contribution >= 0.6 is 0 Å². The summed E-state index contributed by atoms with van der Waals surface area (Å²) < 4.78 is 9.60. The van der Waals surface area contributed by atoms with Gasteiger partial charge < -0.3 is 9.47 Å². The molecule has 1 atom stereocenters. The minimum atomic E-state index is 0.250. The van der Waals surface area contributed by atoms with Crippen LogP contribution in [0.3, 0.4) is 0 Å². The lowest BCUT2D eigenvalue weighted by Crippen LogP contribution is -1.93. The lowest BCUT2D eigenvalue weighted by molar-refractivity contribution is 0.344. The van der Waals surface area contributed by atoms with E-state index in [2.05, 4.69) is 69.2 Å². The predicted molar refractivity (Wildman–Crippen MR) is 81.1 cm³/mol. The summed E-state index contributed by atoms with van der Waals surface area (Å²) >= 11 is 0. The highest BCUT2D eigenvalue weighted by Crippen LogP contribution is 2.23. The zero-order valence-electron chi connectivity index (χ0n) is 14.4. The molecule has 2 saturated heterocycles. The lowest BCUT2D eigenvalue weighted by Gasteiger charge is -2.05. The molecule has 2 nitrogen and oxygen atoms in total. The van der Waals surface area contributed by atoms with Gasteiger partial charge in [0.05, 0.1) is 24.9 Å². The van der Waals surface area contributed by atoms with Crippen molar-refractivity contribution in [1.82, 2.24) is 0 Å². The first-order valence-electron chi connectivity index (χ1n) is 7.09. The van der Waals surface area contributed by atoms with Crippen molar-refractivity contribution in [2.24, 2.45) is 11.3 Å². The van der Waals surface area contributed by atoms with Crippen LogP contribution in [-0.2, 0) is 9.47 Å². The normalized spacial score (nSPS) is 22.5. The molecule has 2 heterocycles. The van der Waals surface area contributed by atoms with Gasteiger partial charge in [-0.25, -0.2) is 0 Å². The molecule has 0 bridgehead atoms. The van der Waals surface area contributed by atoms with Crippen LogP contribution in [0.25, 0.3) is 0 Å². The fourth-order valence-electron chi connectivity index (χ4n) is 0.241. The summed E-state index contributed by atoms with van der Waals surface area (Å²) in [6.45, 7) is 23.4. The third-order valence-electron chi connectivity index (χ3n) is 1.22. The van der Waals surface area contributed by atoms with Crippen LogP contribution in [0.2, 0.25) is 0 Å². The molecule has 0 aliphatic carbocycles. The lowest BCUT2D eigenvalue weighted by atomic mass is 10.0. The molecule has 0 spiro atoms. The second kappa shape index (κ2) is 8.92. The number of hydrogen-bond acceptors (Lipinski definition) is 2. The van der Waals surface area contributed by atoms with E-state index in [1.54, 1.807) is 0 Å². The van der Waals surface area contributed by atoms with E-state index in [9.17, 15) is 0 Å². The summed E-state index contributed by atoms with van der Waals surface area (Å²) in [5.41, 5.74) is 0.750. The van der Waals surface area contributed by atoms with Crippen molar-refractivity contribution < 1.29 is 9.47 Å². The molecule has 112 valence electrons. The monoisotopic (exact) mass is 260 g/mol. The molecule has 0 radical (unpaired) electrons. The first-order chi connectivity index (χ1) is 7.83. The van der Waals surface area contributed by atoms with E-state index in [0.717, 1.165) is 19.1 Å². The van der Waals surface area contributed by atoms with Gasteiger partial charge in [0.1, 0.15) is 0 Å². The Balaban J connectivity index is 0. The van der Waals surface area contributed by atoms with E-state index in [1.165, 1.54) is 0 Å². The Morgan fingerprint density at radius 3 is 1.17 bits per heavy atom. The first kappa shape index (κ1) is 20.2. The van der Waals surface area contributed by atoms with Gasteiger partial charge in [0, 0.05) is 0 Å². The summed E-state index contributed by atoms with van der Waals surface area (Å²) in [5.74, 6) is 0.833. The second-order valence-corrected chi connectivity index (χ2v) is 7.92. The zero-order chi connectivity index (χ0) is 15.0. The maximum Gasteiger partial charge on any atom is 0.0860 e. The van der Waals surface area contributed by atoms with Gasteiger partial charge in [0.25, 0.3) is 0 Å². The molecule has 2 fully saturated rings. The number of hydrogen-bond donors (Lipinski definition) is 0. The standard InChI is InChI=1S/C5H12.C4H8O.C4H10.C3H6O/c1-5(2,3)4;1-4(2)3-5-4;1-4(2)3;1-3-2-4-3/h1-4H3;3H2,1-2H3;4H,1-3H3;3H,2H2,1H3. The molecular weight excluding hydrogens is 224 g/mol. The largest absolute Gasteiger partial charge is 0.373 e. The van der Waals surface area contributed by atoms with Crippen LogP contribution in [0, 0.1) is 11.3 Å². The van der Waals surface area contributed by atoms with Crippen LogP contribution < -0.4 is 0 Å². The summed E-state index contributed by atoms with van der Waals surface area (Å²) in [4.78, 5) is 0. The molecule has 0 N–H and O–H groups in total. The molecule has 0 aromatic rings. The predicted octanol–water partition coefficient (Wildman–Crippen LogP) is 4.92. The maximum atomic E-state index is 4.90. The molecule has 2 aliphatic heterocycles. The topological polar surface area (TPSA) is 25.1 Å². The van der Waals surface area contributed by atoms with E-state index in [1.807, 2.05) is 0 Å². The van der Waals surface area contributed by atoms with E-state index >= 15 is 0 Å². The molecule has 2 heteroatoms. The SMILES string of the molecule is CC(C)(C)C.CC(C)C.CC1(C)CO1.CC1CO1. The van der Waals surface area contributed by atoms with Gasteiger partial charge in [-0.3, -0.25) is 0 Å². The minimum absolute atomic E-state index is 0.250. The Hall–Kier alpha value is -0.0800. The van der Waals surface area contributed by atoms with Gasteiger partial charge >= 0.3 is 0 Å². The maximum absolute atomic E-state index is 4.90. The van der Waals surface area contributed by atoms with Crippen molar-refractivity contribution in [3.8, 4) is 0 Å².